The molecule has 29 heavy (non-hydrogen) atoms. The Morgan fingerprint density at radius 1 is 1.21 bits per heavy atom. The van der Waals surface area contributed by atoms with Crippen LogP contribution in [0.25, 0.3) is 0 Å². The van der Waals surface area contributed by atoms with Crippen molar-refractivity contribution in [1.82, 2.24) is 10.6 Å². The van der Waals surface area contributed by atoms with Crippen molar-refractivity contribution in [2.75, 3.05) is 51.8 Å². The van der Waals surface area contributed by atoms with Crippen LogP contribution < -0.4 is 10.6 Å². The Morgan fingerprint density at radius 3 is 2.69 bits per heavy atom. The second kappa shape index (κ2) is 17.1. The van der Waals surface area contributed by atoms with Crippen LogP contribution in [0.3, 0.4) is 0 Å². The highest BCUT2D eigenvalue weighted by atomic mass is 127. The molecule has 1 aromatic rings. The molecule has 0 bridgehead atoms. The number of nitrogens with zero attached hydrogens (tertiary/aromatic N) is 1. The molecule has 2 rings (SSSR count). The first-order valence-corrected chi connectivity index (χ1v) is 11.3. The summed E-state index contributed by atoms with van der Waals surface area (Å²) in [5.74, 6) is 2.30. The van der Waals surface area contributed by atoms with E-state index in [1.165, 1.54) is 12.1 Å². The van der Waals surface area contributed by atoms with Crippen molar-refractivity contribution in [3.8, 4) is 0 Å². The first kappa shape index (κ1) is 26.5. The second-order valence-corrected chi connectivity index (χ2v) is 8.00. The third-order valence-electron chi connectivity index (χ3n) is 4.45. The zero-order chi connectivity index (χ0) is 19.9. The van der Waals surface area contributed by atoms with Gasteiger partial charge in [-0.1, -0.05) is 0 Å². The van der Waals surface area contributed by atoms with E-state index < -0.39 is 0 Å². The molecule has 8 heteroatoms. The summed E-state index contributed by atoms with van der Waals surface area (Å²) in [7, 11) is 0. The maximum Gasteiger partial charge on any atom is 0.191 e. The standard InChI is InChI=1S/C21H34FN3O2S.HI/c1-2-23-21(24-11-3-13-27-17-18-9-14-26-15-10-18)25-12-4-16-28-20-7-5-19(22)6-8-20;/h5-8,18H,2-4,9-17H2,1H3,(H2,23,24,25);1H. The van der Waals surface area contributed by atoms with Crippen LogP contribution in [0.5, 0.6) is 0 Å². The molecule has 0 radical (unpaired) electrons. The number of benzene rings is 1. The predicted octanol–water partition coefficient (Wildman–Crippen LogP) is 4.31. The number of thioether (sulfide) groups is 1. The van der Waals surface area contributed by atoms with Crippen molar-refractivity contribution in [1.29, 1.82) is 0 Å². The minimum absolute atomic E-state index is 0. The normalized spacial score (nSPS) is 15.0. The van der Waals surface area contributed by atoms with Crippen LogP contribution in [-0.4, -0.2) is 57.8 Å². The number of hydrogen-bond donors (Lipinski definition) is 2. The van der Waals surface area contributed by atoms with Crippen LogP contribution in [0, 0.1) is 11.7 Å². The summed E-state index contributed by atoms with van der Waals surface area (Å²) in [6.07, 6.45) is 4.19. The minimum Gasteiger partial charge on any atom is -0.381 e. The Labute approximate surface area is 196 Å². The number of nitrogens with one attached hydrogen (secondary N) is 2. The van der Waals surface area contributed by atoms with Crippen molar-refractivity contribution < 1.29 is 13.9 Å². The van der Waals surface area contributed by atoms with Crippen molar-refractivity contribution in [2.24, 2.45) is 10.9 Å². The quantitative estimate of drug-likeness (QED) is 0.136. The molecule has 1 saturated heterocycles. The Kier molecular flexibility index (Phi) is 15.6. The summed E-state index contributed by atoms with van der Waals surface area (Å²) in [4.78, 5) is 5.71. The maximum absolute atomic E-state index is 12.9. The summed E-state index contributed by atoms with van der Waals surface area (Å²) < 4.78 is 24.1. The lowest BCUT2D eigenvalue weighted by Crippen LogP contribution is -2.38. The van der Waals surface area contributed by atoms with Crippen molar-refractivity contribution >= 4 is 41.7 Å². The van der Waals surface area contributed by atoms with E-state index in [4.69, 9.17) is 9.47 Å². The van der Waals surface area contributed by atoms with Crippen LogP contribution in [0.15, 0.2) is 34.2 Å². The number of halogens is 2. The topological polar surface area (TPSA) is 54.9 Å². The predicted molar refractivity (Wildman–Crippen MR) is 130 cm³/mol. The van der Waals surface area contributed by atoms with Crippen molar-refractivity contribution in [3.05, 3.63) is 30.1 Å². The van der Waals surface area contributed by atoms with Gasteiger partial charge in [0.15, 0.2) is 5.96 Å². The molecule has 2 N–H and O–H groups in total. The van der Waals surface area contributed by atoms with Crippen molar-refractivity contribution in [2.45, 2.75) is 37.5 Å². The monoisotopic (exact) mass is 539 g/mol. The molecule has 0 spiro atoms. The summed E-state index contributed by atoms with van der Waals surface area (Å²) in [5, 5.41) is 6.64. The van der Waals surface area contributed by atoms with E-state index in [-0.39, 0.29) is 29.8 Å². The van der Waals surface area contributed by atoms with Gasteiger partial charge in [0.05, 0.1) is 0 Å². The summed E-state index contributed by atoms with van der Waals surface area (Å²) in [6.45, 7) is 7.91. The van der Waals surface area contributed by atoms with E-state index in [2.05, 4.69) is 22.5 Å². The Hall–Kier alpha value is -0.580. The Morgan fingerprint density at radius 2 is 1.97 bits per heavy atom. The van der Waals surface area contributed by atoms with Crippen LogP contribution in [0.4, 0.5) is 4.39 Å². The molecule has 1 aromatic carbocycles. The fraction of sp³-hybridized carbons (Fsp3) is 0.667. The highest BCUT2D eigenvalue weighted by Crippen LogP contribution is 2.18. The van der Waals surface area contributed by atoms with Gasteiger partial charge >= 0.3 is 0 Å². The molecule has 1 heterocycles. The van der Waals surface area contributed by atoms with Crippen LogP contribution in [0.2, 0.25) is 0 Å². The lowest BCUT2D eigenvalue weighted by molar-refractivity contribution is 0.0203. The van der Waals surface area contributed by atoms with Gasteiger partial charge in [0.2, 0.25) is 0 Å². The number of hydrogen-bond acceptors (Lipinski definition) is 4. The van der Waals surface area contributed by atoms with E-state index in [1.807, 2.05) is 12.1 Å². The van der Waals surface area contributed by atoms with E-state index in [0.717, 1.165) is 88.4 Å². The maximum atomic E-state index is 12.9. The minimum atomic E-state index is -0.190. The summed E-state index contributed by atoms with van der Waals surface area (Å²) in [6, 6.07) is 6.64. The number of ether oxygens (including phenoxy) is 2. The molecular formula is C21H35FIN3O2S. The molecule has 5 nitrogen and oxygen atoms in total. The summed E-state index contributed by atoms with van der Waals surface area (Å²) in [5.41, 5.74) is 0. The van der Waals surface area contributed by atoms with Gasteiger partial charge in [0, 0.05) is 51.0 Å². The van der Waals surface area contributed by atoms with Crippen LogP contribution >= 0.6 is 35.7 Å². The molecule has 0 aromatic heterocycles. The summed E-state index contributed by atoms with van der Waals surface area (Å²) >= 11 is 1.73. The zero-order valence-electron chi connectivity index (χ0n) is 17.3. The van der Waals surface area contributed by atoms with Gasteiger partial charge < -0.3 is 20.1 Å². The van der Waals surface area contributed by atoms with Gasteiger partial charge in [-0.15, -0.1) is 35.7 Å². The molecule has 0 atom stereocenters. The second-order valence-electron chi connectivity index (χ2n) is 6.83. The van der Waals surface area contributed by atoms with E-state index in [0.29, 0.717) is 5.92 Å². The van der Waals surface area contributed by atoms with Gasteiger partial charge in [0.1, 0.15) is 5.82 Å². The largest absolute Gasteiger partial charge is 0.381 e. The van der Waals surface area contributed by atoms with E-state index in [1.54, 1.807) is 11.8 Å². The lowest BCUT2D eigenvalue weighted by Gasteiger charge is -2.21. The Bertz CT molecular complexity index is 557. The van der Waals surface area contributed by atoms with E-state index >= 15 is 0 Å². The van der Waals surface area contributed by atoms with Gasteiger partial charge in [-0.05, 0) is 68.5 Å². The highest BCUT2D eigenvalue weighted by Gasteiger charge is 2.13. The van der Waals surface area contributed by atoms with Gasteiger partial charge in [-0.3, -0.25) is 4.99 Å². The first-order valence-electron chi connectivity index (χ1n) is 10.3. The van der Waals surface area contributed by atoms with Crippen molar-refractivity contribution in [3.63, 3.8) is 0 Å². The number of aliphatic imine (C=N–C) groups is 1. The average molecular weight is 539 g/mol. The molecule has 0 amide bonds. The lowest BCUT2D eigenvalue weighted by atomic mass is 10.0. The fourth-order valence-electron chi connectivity index (χ4n) is 2.86. The molecule has 166 valence electrons. The van der Waals surface area contributed by atoms with Crippen LogP contribution in [0.1, 0.15) is 32.6 Å². The third-order valence-corrected chi connectivity index (χ3v) is 5.55. The molecule has 0 saturated carbocycles. The molecule has 0 aliphatic carbocycles. The first-order chi connectivity index (χ1) is 13.8. The molecular weight excluding hydrogens is 504 g/mol. The molecule has 1 aliphatic heterocycles. The molecule has 1 fully saturated rings. The SMILES string of the molecule is CCNC(=NCCCSc1ccc(F)cc1)NCCCOCC1CCOCC1.I. The van der Waals surface area contributed by atoms with Gasteiger partial charge in [-0.25, -0.2) is 4.39 Å². The Balaban J connectivity index is 0.00000420. The molecule has 0 unspecified atom stereocenters. The number of rotatable bonds is 12. The molecule has 1 aliphatic rings. The number of guanidine groups is 1. The van der Waals surface area contributed by atoms with Crippen LogP contribution in [-0.2, 0) is 9.47 Å². The highest BCUT2D eigenvalue weighted by molar-refractivity contribution is 14.0. The zero-order valence-corrected chi connectivity index (χ0v) is 20.5. The smallest absolute Gasteiger partial charge is 0.191 e. The van der Waals surface area contributed by atoms with Gasteiger partial charge in [-0.2, -0.15) is 0 Å². The van der Waals surface area contributed by atoms with Gasteiger partial charge in [0.25, 0.3) is 0 Å². The average Bonchev–Trinajstić information content (AvgIpc) is 2.72. The fourth-order valence-corrected chi connectivity index (χ4v) is 3.70. The van der Waals surface area contributed by atoms with E-state index in [9.17, 15) is 4.39 Å². The third kappa shape index (κ3) is 12.7.